The third-order valence-electron chi connectivity index (χ3n) is 5.87. The lowest BCUT2D eigenvalue weighted by atomic mass is 9.93. The molecular weight excluding hydrogens is 324 g/mol. The van der Waals surface area contributed by atoms with Crippen molar-refractivity contribution in [3.8, 4) is 0 Å². The van der Waals surface area contributed by atoms with Crippen LogP contribution in [0, 0.1) is 5.92 Å². The molecular formula is C18H25ClN4O. The standard InChI is InChI=1S/C18H25ClN4O/c19-16-13-20-6-1-17(16)22-9-2-14(3-10-22)18(24)23-12-11-21-7-4-15(23)5-8-21/h1,6,13-15H,2-5,7-12H2. The van der Waals surface area contributed by atoms with Gasteiger partial charge in [-0.2, -0.15) is 0 Å². The van der Waals surface area contributed by atoms with Gasteiger partial charge in [0.25, 0.3) is 0 Å². The quantitative estimate of drug-likeness (QED) is 0.822. The first-order valence-corrected chi connectivity index (χ1v) is 9.47. The fraction of sp³-hybridized carbons (Fsp3) is 0.667. The highest BCUT2D eigenvalue weighted by atomic mass is 35.5. The van der Waals surface area contributed by atoms with Crippen molar-refractivity contribution < 1.29 is 4.79 Å². The summed E-state index contributed by atoms with van der Waals surface area (Å²) in [6, 6.07) is 2.44. The first-order chi connectivity index (χ1) is 11.7. The van der Waals surface area contributed by atoms with Crippen LogP contribution in [0.1, 0.15) is 25.7 Å². The van der Waals surface area contributed by atoms with Crippen molar-refractivity contribution in [2.24, 2.45) is 5.92 Å². The third-order valence-corrected chi connectivity index (χ3v) is 6.17. The lowest BCUT2D eigenvalue weighted by Crippen LogP contribution is -2.47. The number of fused-ring (bicyclic) bond motifs is 4. The number of halogens is 1. The Morgan fingerprint density at radius 2 is 1.79 bits per heavy atom. The number of piperidine rings is 2. The van der Waals surface area contributed by atoms with Gasteiger partial charge in [-0.1, -0.05) is 11.6 Å². The average Bonchev–Trinajstić information content (AvgIpc) is 2.96. The van der Waals surface area contributed by atoms with Crippen LogP contribution in [0.4, 0.5) is 5.69 Å². The SMILES string of the molecule is O=C(C1CCN(c2ccncc2Cl)CC1)N1CCN2CCC1CC2. The number of pyridine rings is 1. The highest BCUT2D eigenvalue weighted by Crippen LogP contribution is 2.31. The molecule has 0 saturated carbocycles. The minimum atomic E-state index is 0.175. The Balaban J connectivity index is 1.39. The van der Waals surface area contributed by atoms with E-state index in [4.69, 9.17) is 11.6 Å². The third kappa shape index (κ3) is 3.11. The number of carbonyl (C=O) groups is 1. The van der Waals surface area contributed by atoms with Crippen LogP contribution >= 0.6 is 11.6 Å². The van der Waals surface area contributed by atoms with Gasteiger partial charge >= 0.3 is 0 Å². The van der Waals surface area contributed by atoms with Gasteiger partial charge in [-0.3, -0.25) is 9.78 Å². The van der Waals surface area contributed by atoms with E-state index < -0.39 is 0 Å². The molecule has 0 atom stereocenters. The lowest BCUT2D eigenvalue weighted by molar-refractivity contribution is -0.138. The Bertz CT molecular complexity index is 594. The molecule has 0 spiro atoms. The fourth-order valence-corrected chi connectivity index (χ4v) is 4.64. The summed E-state index contributed by atoms with van der Waals surface area (Å²) in [7, 11) is 0. The first-order valence-electron chi connectivity index (χ1n) is 9.09. The summed E-state index contributed by atoms with van der Waals surface area (Å²) >= 11 is 6.25. The molecule has 4 saturated heterocycles. The molecule has 24 heavy (non-hydrogen) atoms. The number of hydrogen-bond acceptors (Lipinski definition) is 4. The molecule has 4 aliphatic heterocycles. The first kappa shape index (κ1) is 16.2. The van der Waals surface area contributed by atoms with E-state index in [0.717, 1.165) is 70.6 Å². The van der Waals surface area contributed by atoms with Gasteiger partial charge in [0, 0.05) is 63.6 Å². The average molecular weight is 349 g/mol. The van der Waals surface area contributed by atoms with Crippen LogP contribution in [0.15, 0.2) is 18.5 Å². The van der Waals surface area contributed by atoms with Crippen molar-refractivity contribution in [2.45, 2.75) is 31.7 Å². The van der Waals surface area contributed by atoms with Crippen molar-refractivity contribution in [1.29, 1.82) is 0 Å². The number of amides is 1. The number of hydrogen-bond donors (Lipinski definition) is 0. The van der Waals surface area contributed by atoms with E-state index in [2.05, 4.69) is 19.7 Å². The maximum Gasteiger partial charge on any atom is 0.226 e. The Labute approximate surface area is 148 Å². The van der Waals surface area contributed by atoms with Crippen molar-refractivity contribution in [3.63, 3.8) is 0 Å². The molecule has 5 nitrogen and oxygen atoms in total. The van der Waals surface area contributed by atoms with E-state index in [9.17, 15) is 4.79 Å². The Morgan fingerprint density at radius 1 is 1.04 bits per heavy atom. The van der Waals surface area contributed by atoms with Crippen molar-refractivity contribution in [1.82, 2.24) is 14.8 Å². The predicted molar refractivity (Wildman–Crippen MR) is 95.4 cm³/mol. The molecule has 0 unspecified atom stereocenters. The van der Waals surface area contributed by atoms with E-state index in [-0.39, 0.29) is 5.92 Å². The van der Waals surface area contributed by atoms with E-state index >= 15 is 0 Å². The Kier molecular flexibility index (Phi) is 4.63. The minimum absolute atomic E-state index is 0.175. The van der Waals surface area contributed by atoms with E-state index in [1.807, 2.05) is 6.07 Å². The number of anilines is 1. The van der Waals surface area contributed by atoms with Crippen LogP contribution in [0.5, 0.6) is 0 Å². The number of rotatable bonds is 2. The molecule has 130 valence electrons. The largest absolute Gasteiger partial charge is 0.370 e. The monoisotopic (exact) mass is 348 g/mol. The molecule has 4 fully saturated rings. The van der Waals surface area contributed by atoms with Gasteiger partial charge in [0.05, 0.1) is 10.7 Å². The van der Waals surface area contributed by atoms with Crippen LogP contribution in [-0.2, 0) is 4.79 Å². The summed E-state index contributed by atoms with van der Waals surface area (Å²) in [6.45, 7) is 6.07. The van der Waals surface area contributed by atoms with Gasteiger partial charge in [0.1, 0.15) is 0 Å². The summed E-state index contributed by atoms with van der Waals surface area (Å²) in [6.07, 6.45) is 7.61. The molecule has 1 aromatic heterocycles. The molecule has 5 heterocycles. The van der Waals surface area contributed by atoms with Gasteiger partial charge in [-0.05, 0) is 31.7 Å². The van der Waals surface area contributed by atoms with Gasteiger partial charge < -0.3 is 14.7 Å². The smallest absolute Gasteiger partial charge is 0.226 e. The second-order valence-electron chi connectivity index (χ2n) is 7.19. The summed E-state index contributed by atoms with van der Waals surface area (Å²) in [5, 5.41) is 0.695. The maximum atomic E-state index is 13.1. The molecule has 1 aromatic rings. The molecule has 5 rings (SSSR count). The molecule has 0 aromatic carbocycles. The molecule has 4 aliphatic rings. The maximum absolute atomic E-state index is 13.1. The van der Waals surface area contributed by atoms with Gasteiger partial charge in [-0.15, -0.1) is 0 Å². The summed E-state index contributed by atoms with van der Waals surface area (Å²) in [5.41, 5.74) is 1.04. The van der Waals surface area contributed by atoms with Crippen LogP contribution in [0.2, 0.25) is 5.02 Å². The second-order valence-corrected chi connectivity index (χ2v) is 7.60. The Hall–Kier alpha value is -1.33. The number of carbonyl (C=O) groups excluding carboxylic acids is 1. The molecule has 2 bridgehead atoms. The van der Waals surface area contributed by atoms with E-state index in [0.29, 0.717) is 17.0 Å². The summed E-state index contributed by atoms with van der Waals surface area (Å²) in [4.78, 5) is 24.1. The van der Waals surface area contributed by atoms with E-state index in [1.54, 1.807) is 12.4 Å². The van der Waals surface area contributed by atoms with Crippen LogP contribution < -0.4 is 4.90 Å². The molecule has 6 heteroatoms. The lowest BCUT2D eigenvalue weighted by Gasteiger charge is -2.38. The zero-order chi connectivity index (χ0) is 16.5. The van der Waals surface area contributed by atoms with Crippen LogP contribution in [0.25, 0.3) is 0 Å². The topological polar surface area (TPSA) is 39.7 Å². The van der Waals surface area contributed by atoms with Crippen molar-refractivity contribution in [2.75, 3.05) is 44.2 Å². The zero-order valence-electron chi connectivity index (χ0n) is 14.0. The molecule has 1 amide bonds. The molecule has 0 aliphatic carbocycles. The predicted octanol–water partition coefficient (Wildman–Crippen LogP) is 2.26. The Morgan fingerprint density at radius 3 is 2.50 bits per heavy atom. The van der Waals surface area contributed by atoms with Crippen LogP contribution in [0.3, 0.4) is 0 Å². The molecule has 0 N–H and O–H groups in total. The van der Waals surface area contributed by atoms with Crippen molar-refractivity contribution in [3.05, 3.63) is 23.5 Å². The van der Waals surface area contributed by atoms with E-state index in [1.165, 1.54) is 0 Å². The summed E-state index contributed by atoms with van der Waals surface area (Å²) in [5.74, 6) is 0.568. The van der Waals surface area contributed by atoms with Gasteiger partial charge in [-0.25, -0.2) is 0 Å². The summed E-state index contributed by atoms with van der Waals surface area (Å²) < 4.78 is 0. The van der Waals surface area contributed by atoms with Crippen LogP contribution in [-0.4, -0.2) is 66.0 Å². The minimum Gasteiger partial charge on any atom is -0.370 e. The fourth-order valence-electron chi connectivity index (χ4n) is 4.40. The second kappa shape index (κ2) is 6.89. The van der Waals surface area contributed by atoms with Gasteiger partial charge in [0.15, 0.2) is 0 Å². The number of nitrogens with zero attached hydrogens (tertiary/aromatic N) is 4. The normalized spacial score (nSPS) is 28.0. The highest BCUT2D eigenvalue weighted by molar-refractivity contribution is 6.33. The van der Waals surface area contributed by atoms with Gasteiger partial charge in [0.2, 0.25) is 5.91 Å². The number of aromatic nitrogens is 1. The zero-order valence-corrected chi connectivity index (χ0v) is 14.8. The molecule has 0 radical (unpaired) electrons. The highest BCUT2D eigenvalue weighted by Gasteiger charge is 2.36. The van der Waals surface area contributed by atoms with Crippen molar-refractivity contribution >= 4 is 23.2 Å².